The van der Waals surface area contributed by atoms with Crippen molar-refractivity contribution in [3.05, 3.63) is 0 Å². The zero-order chi connectivity index (χ0) is 13.1. The van der Waals surface area contributed by atoms with E-state index in [1.54, 1.807) is 7.11 Å². The van der Waals surface area contributed by atoms with Gasteiger partial charge in [0.05, 0.1) is 18.1 Å². The first-order valence-corrected chi connectivity index (χ1v) is 5.89. The fourth-order valence-electron chi connectivity index (χ4n) is 2.28. The van der Waals surface area contributed by atoms with Crippen LogP contribution in [0.2, 0.25) is 0 Å². The molecule has 1 rings (SSSR count). The molecule has 0 aromatic rings. The van der Waals surface area contributed by atoms with E-state index in [9.17, 15) is 9.59 Å². The van der Waals surface area contributed by atoms with Crippen molar-refractivity contribution < 1.29 is 19.4 Å². The molecule has 5 heteroatoms. The van der Waals surface area contributed by atoms with Crippen molar-refractivity contribution in [3.8, 4) is 0 Å². The van der Waals surface area contributed by atoms with E-state index < -0.39 is 11.5 Å². The Morgan fingerprint density at radius 1 is 1.35 bits per heavy atom. The minimum Gasteiger partial charge on any atom is -0.481 e. The minimum atomic E-state index is -0.795. The first-order chi connectivity index (χ1) is 7.85. The van der Waals surface area contributed by atoms with Gasteiger partial charge < -0.3 is 15.2 Å². The maximum absolute atomic E-state index is 11.9. The summed E-state index contributed by atoms with van der Waals surface area (Å²) < 4.78 is 5.02. The van der Waals surface area contributed by atoms with E-state index in [1.807, 2.05) is 13.8 Å². The molecule has 2 unspecified atom stereocenters. The zero-order valence-electron chi connectivity index (χ0n) is 10.7. The summed E-state index contributed by atoms with van der Waals surface area (Å²) in [7, 11) is 1.59. The highest BCUT2D eigenvalue weighted by Gasteiger charge is 2.35. The molecule has 1 saturated carbocycles. The summed E-state index contributed by atoms with van der Waals surface area (Å²) in [6, 6.07) is 0. The molecular formula is C12H21NO4. The van der Waals surface area contributed by atoms with Gasteiger partial charge in [0.15, 0.2) is 0 Å². The summed E-state index contributed by atoms with van der Waals surface area (Å²) >= 11 is 0. The molecule has 2 N–H and O–H groups in total. The van der Waals surface area contributed by atoms with Crippen LogP contribution in [0.15, 0.2) is 0 Å². The van der Waals surface area contributed by atoms with E-state index in [0.29, 0.717) is 25.9 Å². The second kappa shape index (κ2) is 5.49. The molecule has 1 fully saturated rings. The average Bonchev–Trinajstić information content (AvgIpc) is 2.64. The number of carboxylic acid groups (broad SMARTS) is 1. The zero-order valence-corrected chi connectivity index (χ0v) is 10.7. The maximum Gasteiger partial charge on any atom is 0.306 e. The highest BCUT2D eigenvalue weighted by atomic mass is 16.5. The first kappa shape index (κ1) is 14.0. The number of carbonyl (C=O) groups excluding carboxylic acids is 1. The van der Waals surface area contributed by atoms with Gasteiger partial charge in [-0.3, -0.25) is 9.59 Å². The van der Waals surface area contributed by atoms with Crippen molar-refractivity contribution in [2.24, 2.45) is 11.8 Å². The lowest BCUT2D eigenvalue weighted by molar-refractivity contribution is -0.141. The van der Waals surface area contributed by atoms with Crippen molar-refractivity contribution in [1.29, 1.82) is 0 Å². The van der Waals surface area contributed by atoms with Crippen molar-refractivity contribution >= 4 is 11.9 Å². The molecule has 0 aliphatic heterocycles. The molecule has 0 spiro atoms. The Bertz CT molecular complexity index is 301. The van der Waals surface area contributed by atoms with Crippen LogP contribution in [-0.2, 0) is 14.3 Å². The van der Waals surface area contributed by atoms with Gasteiger partial charge in [-0.1, -0.05) is 0 Å². The van der Waals surface area contributed by atoms with Gasteiger partial charge in [-0.05, 0) is 33.1 Å². The monoisotopic (exact) mass is 243 g/mol. The van der Waals surface area contributed by atoms with E-state index in [1.165, 1.54) is 0 Å². The fourth-order valence-corrected chi connectivity index (χ4v) is 2.28. The van der Waals surface area contributed by atoms with Crippen molar-refractivity contribution in [2.75, 3.05) is 13.7 Å². The molecule has 0 bridgehead atoms. The number of rotatable bonds is 5. The third-order valence-electron chi connectivity index (χ3n) is 3.12. The molecule has 0 heterocycles. The van der Waals surface area contributed by atoms with Crippen LogP contribution in [0.4, 0.5) is 0 Å². The smallest absolute Gasteiger partial charge is 0.306 e. The maximum atomic E-state index is 11.9. The predicted molar refractivity (Wildman–Crippen MR) is 62.6 cm³/mol. The van der Waals surface area contributed by atoms with Crippen LogP contribution < -0.4 is 5.32 Å². The van der Waals surface area contributed by atoms with Crippen molar-refractivity contribution in [2.45, 2.75) is 38.6 Å². The molecule has 0 aromatic carbocycles. The van der Waals surface area contributed by atoms with Gasteiger partial charge in [0.1, 0.15) is 0 Å². The van der Waals surface area contributed by atoms with Gasteiger partial charge in [0.25, 0.3) is 0 Å². The van der Waals surface area contributed by atoms with Crippen LogP contribution in [0.25, 0.3) is 0 Å². The highest BCUT2D eigenvalue weighted by Crippen LogP contribution is 2.31. The predicted octanol–water partition coefficient (Wildman–Crippen LogP) is 1.03. The molecule has 98 valence electrons. The normalized spacial score (nSPS) is 24.6. The summed E-state index contributed by atoms with van der Waals surface area (Å²) in [6.07, 6.45) is 1.70. The number of carbonyl (C=O) groups is 2. The van der Waals surface area contributed by atoms with E-state index >= 15 is 0 Å². The number of amides is 1. The Balaban J connectivity index is 2.47. The Morgan fingerprint density at radius 2 is 1.94 bits per heavy atom. The topological polar surface area (TPSA) is 75.6 Å². The van der Waals surface area contributed by atoms with Crippen LogP contribution in [0.3, 0.4) is 0 Å². The molecule has 5 nitrogen and oxygen atoms in total. The Kier molecular flexibility index (Phi) is 4.51. The largest absolute Gasteiger partial charge is 0.481 e. The Labute approximate surface area is 102 Å². The quantitative estimate of drug-likeness (QED) is 0.756. The first-order valence-electron chi connectivity index (χ1n) is 5.89. The Hall–Kier alpha value is -1.10. The summed E-state index contributed by atoms with van der Waals surface area (Å²) in [5.74, 6) is -1.39. The van der Waals surface area contributed by atoms with Crippen molar-refractivity contribution in [3.63, 3.8) is 0 Å². The summed E-state index contributed by atoms with van der Waals surface area (Å²) in [5, 5.41) is 11.8. The number of aliphatic carboxylic acids is 1. The third-order valence-corrected chi connectivity index (χ3v) is 3.12. The second-order valence-electron chi connectivity index (χ2n) is 5.35. The lowest BCUT2D eigenvalue weighted by atomic mass is 10.0. The minimum absolute atomic E-state index is 0.0594. The SMILES string of the molecule is COCC(C)(C)NC(=O)C1CCC(C(=O)O)C1. The molecule has 0 aromatic heterocycles. The molecule has 0 radical (unpaired) electrons. The summed E-state index contributed by atoms with van der Waals surface area (Å²) in [4.78, 5) is 22.8. The summed E-state index contributed by atoms with van der Waals surface area (Å²) in [6.45, 7) is 4.21. The van der Waals surface area contributed by atoms with E-state index in [-0.39, 0.29) is 17.7 Å². The molecular weight excluding hydrogens is 222 g/mol. The van der Waals surface area contributed by atoms with Crippen molar-refractivity contribution in [1.82, 2.24) is 5.32 Å². The number of carboxylic acids is 1. The number of nitrogens with one attached hydrogen (secondary N) is 1. The standard InChI is InChI=1S/C12H21NO4/c1-12(2,7-17-3)13-10(14)8-4-5-9(6-8)11(15)16/h8-9H,4-7H2,1-3H3,(H,13,14)(H,15,16). The molecule has 0 saturated heterocycles. The van der Waals surface area contributed by atoms with Gasteiger partial charge in [-0.25, -0.2) is 0 Å². The van der Waals surface area contributed by atoms with E-state index in [4.69, 9.17) is 9.84 Å². The van der Waals surface area contributed by atoms with Crippen LogP contribution >= 0.6 is 0 Å². The molecule has 17 heavy (non-hydrogen) atoms. The van der Waals surface area contributed by atoms with Crippen LogP contribution in [0.1, 0.15) is 33.1 Å². The molecule has 2 atom stereocenters. The van der Waals surface area contributed by atoms with Gasteiger partial charge in [0, 0.05) is 13.0 Å². The van der Waals surface area contributed by atoms with Gasteiger partial charge in [-0.15, -0.1) is 0 Å². The lowest BCUT2D eigenvalue weighted by Crippen LogP contribution is -2.48. The van der Waals surface area contributed by atoms with Gasteiger partial charge in [0.2, 0.25) is 5.91 Å². The second-order valence-corrected chi connectivity index (χ2v) is 5.35. The van der Waals surface area contributed by atoms with E-state index in [0.717, 1.165) is 0 Å². The number of hydrogen-bond donors (Lipinski definition) is 2. The van der Waals surface area contributed by atoms with Gasteiger partial charge >= 0.3 is 5.97 Å². The van der Waals surface area contributed by atoms with E-state index in [2.05, 4.69) is 5.32 Å². The number of methoxy groups -OCH3 is 1. The highest BCUT2D eigenvalue weighted by molar-refractivity contribution is 5.81. The molecule has 1 amide bonds. The Morgan fingerprint density at radius 3 is 2.41 bits per heavy atom. The summed E-state index contributed by atoms with van der Waals surface area (Å²) in [5.41, 5.74) is -0.410. The lowest BCUT2D eigenvalue weighted by Gasteiger charge is -2.27. The van der Waals surface area contributed by atoms with Crippen LogP contribution in [0.5, 0.6) is 0 Å². The van der Waals surface area contributed by atoms with Crippen LogP contribution in [0, 0.1) is 11.8 Å². The van der Waals surface area contributed by atoms with Gasteiger partial charge in [-0.2, -0.15) is 0 Å². The fraction of sp³-hybridized carbons (Fsp3) is 0.833. The van der Waals surface area contributed by atoms with Crippen LogP contribution in [-0.4, -0.2) is 36.2 Å². The third kappa shape index (κ3) is 4.00. The molecule has 1 aliphatic carbocycles. The molecule has 1 aliphatic rings. The number of hydrogen-bond acceptors (Lipinski definition) is 3. The average molecular weight is 243 g/mol. The number of ether oxygens (including phenoxy) is 1.